The van der Waals surface area contributed by atoms with Gasteiger partial charge in [0.2, 0.25) is 0 Å². The molecular weight excluding hydrogens is 184 g/mol. The van der Waals surface area contributed by atoms with Crippen molar-refractivity contribution in [3.63, 3.8) is 0 Å². The number of aromatic hydroxyl groups is 2. The van der Waals surface area contributed by atoms with Gasteiger partial charge in [-0.25, -0.2) is 0 Å². The Morgan fingerprint density at radius 3 is 1.79 bits per heavy atom. The number of phenolic OH excluding ortho intramolecular Hbond substituents is 2. The molecule has 0 fully saturated rings. The van der Waals surface area contributed by atoms with Gasteiger partial charge in [-0.05, 0) is 25.0 Å². The van der Waals surface area contributed by atoms with Gasteiger partial charge in [-0.2, -0.15) is 0 Å². The summed E-state index contributed by atoms with van der Waals surface area (Å²) in [5, 5.41) is 18.8. The lowest BCUT2D eigenvalue weighted by molar-refractivity contribution is 0.109. The quantitative estimate of drug-likeness (QED) is 0.550. The zero-order valence-corrected chi connectivity index (χ0v) is 7.87. The third-order valence-corrected chi connectivity index (χ3v) is 2.33. The molecule has 0 spiro atoms. The highest BCUT2D eigenvalue weighted by Crippen LogP contribution is 2.36. The molecule has 0 saturated carbocycles. The molecule has 4 heteroatoms. The minimum Gasteiger partial charge on any atom is -0.504 e. The summed E-state index contributed by atoms with van der Waals surface area (Å²) in [6.07, 6.45) is 0.844. The normalized spacial score (nSPS) is 9.86. The monoisotopic (exact) mass is 194 g/mol. The minimum atomic E-state index is -0.537. The van der Waals surface area contributed by atoms with Gasteiger partial charge in [0.05, 0.1) is 5.56 Å². The lowest BCUT2D eigenvalue weighted by atomic mass is 9.97. The van der Waals surface area contributed by atoms with E-state index in [1.54, 1.807) is 13.8 Å². The molecule has 1 aromatic carbocycles. The first-order chi connectivity index (χ1) is 6.54. The van der Waals surface area contributed by atoms with Crippen LogP contribution in [0.15, 0.2) is 0 Å². The van der Waals surface area contributed by atoms with Gasteiger partial charge in [0.15, 0.2) is 24.1 Å². The van der Waals surface area contributed by atoms with Crippen LogP contribution in [0.1, 0.15) is 31.8 Å². The van der Waals surface area contributed by atoms with E-state index in [-0.39, 0.29) is 16.9 Å². The van der Waals surface area contributed by atoms with E-state index in [9.17, 15) is 19.8 Å². The molecule has 0 amide bonds. The fourth-order valence-electron chi connectivity index (χ4n) is 1.29. The van der Waals surface area contributed by atoms with Crippen LogP contribution in [0.3, 0.4) is 0 Å². The maximum atomic E-state index is 10.7. The maximum Gasteiger partial charge on any atom is 0.169 e. The smallest absolute Gasteiger partial charge is 0.169 e. The first-order valence-corrected chi connectivity index (χ1v) is 4.00. The summed E-state index contributed by atoms with van der Waals surface area (Å²) in [5.41, 5.74) is 0.848. The van der Waals surface area contributed by atoms with E-state index in [1.165, 1.54) is 0 Å². The van der Waals surface area contributed by atoms with Crippen LogP contribution >= 0.6 is 0 Å². The second-order valence-electron chi connectivity index (χ2n) is 3.01. The molecule has 4 nitrogen and oxygen atoms in total. The Hall–Kier alpha value is -1.84. The lowest BCUT2D eigenvalue weighted by Gasteiger charge is -2.10. The third-order valence-electron chi connectivity index (χ3n) is 2.33. The fourth-order valence-corrected chi connectivity index (χ4v) is 1.29. The molecule has 0 aliphatic carbocycles. The lowest BCUT2D eigenvalue weighted by Crippen LogP contribution is -1.98. The number of carbonyl (C=O) groups excluding carboxylic acids is 2. The summed E-state index contributed by atoms with van der Waals surface area (Å²) < 4.78 is 0. The van der Waals surface area contributed by atoms with Crippen molar-refractivity contribution < 1.29 is 19.8 Å². The fraction of sp³-hybridized carbons (Fsp3) is 0.200. The summed E-state index contributed by atoms with van der Waals surface area (Å²) in [5.74, 6) is -0.889. The van der Waals surface area contributed by atoms with Crippen LogP contribution in [-0.2, 0) is 0 Å². The van der Waals surface area contributed by atoms with Crippen LogP contribution in [-0.4, -0.2) is 22.8 Å². The average molecular weight is 194 g/mol. The molecule has 2 N–H and O–H groups in total. The van der Waals surface area contributed by atoms with Gasteiger partial charge in [0, 0.05) is 5.56 Å². The zero-order valence-electron chi connectivity index (χ0n) is 7.87. The summed E-state index contributed by atoms with van der Waals surface area (Å²) in [4.78, 5) is 21.3. The maximum absolute atomic E-state index is 10.7. The second kappa shape index (κ2) is 3.49. The molecule has 0 aliphatic rings. The molecule has 74 valence electrons. The van der Waals surface area contributed by atoms with Crippen molar-refractivity contribution in [1.82, 2.24) is 0 Å². The van der Waals surface area contributed by atoms with Crippen LogP contribution in [0, 0.1) is 13.8 Å². The Balaban J connectivity index is 3.73. The molecule has 0 aromatic heterocycles. The summed E-state index contributed by atoms with van der Waals surface area (Å²) in [6.45, 7) is 3.16. The third kappa shape index (κ3) is 1.25. The van der Waals surface area contributed by atoms with E-state index in [1.807, 2.05) is 0 Å². The highest BCUT2D eigenvalue weighted by molar-refractivity contribution is 5.96. The highest BCUT2D eigenvalue weighted by Gasteiger charge is 2.17. The zero-order chi connectivity index (χ0) is 10.9. The Morgan fingerprint density at radius 2 is 1.36 bits per heavy atom. The highest BCUT2D eigenvalue weighted by atomic mass is 16.3. The number of carbonyl (C=O) groups is 2. The van der Waals surface area contributed by atoms with Gasteiger partial charge < -0.3 is 10.2 Å². The molecule has 0 saturated heterocycles. The predicted octanol–water partition coefficient (Wildman–Crippen LogP) is 1.34. The van der Waals surface area contributed by atoms with Crippen molar-refractivity contribution in [3.05, 3.63) is 22.3 Å². The average Bonchev–Trinajstić information content (AvgIpc) is 2.20. The Morgan fingerprint density at radius 1 is 0.857 bits per heavy atom. The predicted molar refractivity (Wildman–Crippen MR) is 50.0 cm³/mol. The van der Waals surface area contributed by atoms with Gasteiger partial charge in [-0.15, -0.1) is 0 Å². The first-order valence-electron chi connectivity index (χ1n) is 4.00. The number of rotatable bonds is 2. The molecule has 14 heavy (non-hydrogen) atoms. The topological polar surface area (TPSA) is 74.6 Å². The Labute approximate surface area is 80.8 Å². The van der Waals surface area contributed by atoms with Crippen LogP contribution in [0.25, 0.3) is 0 Å². The van der Waals surface area contributed by atoms with E-state index in [0.29, 0.717) is 23.7 Å². The number of hydrogen-bond donors (Lipinski definition) is 2. The van der Waals surface area contributed by atoms with E-state index < -0.39 is 5.75 Å². The molecular formula is C10H10O4. The SMILES string of the molecule is Cc1c(C)c(C=O)c(C=O)c(O)c1O. The first kappa shape index (κ1) is 10.2. The van der Waals surface area contributed by atoms with Crippen molar-refractivity contribution in [2.45, 2.75) is 13.8 Å². The Kier molecular flexibility index (Phi) is 2.56. The van der Waals surface area contributed by atoms with E-state index in [0.717, 1.165) is 0 Å². The number of aldehydes is 2. The van der Waals surface area contributed by atoms with Crippen molar-refractivity contribution >= 4 is 12.6 Å². The van der Waals surface area contributed by atoms with Gasteiger partial charge >= 0.3 is 0 Å². The largest absolute Gasteiger partial charge is 0.504 e. The van der Waals surface area contributed by atoms with Crippen LogP contribution in [0.2, 0.25) is 0 Å². The van der Waals surface area contributed by atoms with Gasteiger partial charge in [-0.3, -0.25) is 9.59 Å². The number of phenols is 2. The molecule has 0 atom stereocenters. The van der Waals surface area contributed by atoms with Crippen molar-refractivity contribution in [2.24, 2.45) is 0 Å². The number of hydrogen-bond acceptors (Lipinski definition) is 4. The molecule has 1 rings (SSSR count). The van der Waals surface area contributed by atoms with Crippen LogP contribution < -0.4 is 0 Å². The van der Waals surface area contributed by atoms with Gasteiger partial charge in [0.1, 0.15) is 0 Å². The van der Waals surface area contributed by atoms with E-state index in [2.05, 4.69) is 0 Å². The van der Waals surface area contributed by atoms with Gasteiger partial charge in [0.25, 0.3) is 0 Å². The van der Waals surface area contributed by atoms with Crippen molar-refractivity contribution in [3.8, 4) is 11.5 Å². The second-order valence-corrected chi connectivity index (χ2v) is 3.01. The van der Waals surface area contributed by atoms with E-state index >= 15 is 0 Å². The molecule has 0 aliphatic heterocycles. The van der Waals surface area contributed by atoms with Crippen LogP contribution in [0.5, 0.6) is 11.5 Å². The molecule has 1 aromatic rings. The van der Waals surface area contributed by atoms with Gasteiger partial charge in [-0.1, -0.05) is 0 Å². The minimum absolute atomic E-state index is 0.118. The molecule has 0 heterocycles. The Bertz CT molecular complexity index is 368. The summed E-state index contributed by atoms with van der Waals surface area (Å²) >= 11 is 0. The summed E-state index contributed by atoms with van der Waals surface area (Å²) in [6, 6.07) is 0. The molecule has 0 bridgehead atoms. The standard InChI is InChI=1S/C10H10O4/c1-5-6(2)9(13)10(14)8(4-12)7(5)3-11/h3-4,13-14H,1-2H3. The molecule has 0 unspecified atom stereocenters. The van der Waals surface area contributed by atoms with E-state index in [4.69, 9.17) is 0 Å². The van der Waals surface area contributed by atoms with Crippen LogP contribution in [0.4, 0.5) is 0 Å². The van der Waals surface area contributed by atoms with Crippen molar-refractivity contribution in [1.29, 1.82) is 0 Å². The summed E-state index contributed by atoms with van der Waals surface area (Å²) in [7, 11) is 0. The number of benzene rings is 1. The van der Waals surface area contributed by atoms with Crippen molar-refractivity contribution in [2.75, 3.05) is 0 Å². The molecule has 0 radical (unpaired) electrons.